The molecule has 150 valence electrons. The first kappa shape index (κ1) is 20.2. The molecule has 1 amide bonds. The Kier molecular flexibility index (Phi) is 6.60. The van der Waals surface area contributed by atoms with Crippen LogP contribution in [0.25, 0.3) is 0 Å². The number of aryl methyl sites for hydroxylation is 1. The van der Waals surface area contributed by atoms with Gasteiger partial charge < -0.3 is 14.6 Å². The summed E-state index contributed by atoms with van der Waals surface area (Å²) in [6.45, 7) is 5.54. The summed E-state index contributed by atoms with van der Waals surface area (Å²) in [5.74, 6) is -0.335. The molecule has 1 aliphatic heterocycles. The minimum atomic E-state index is -0.494. The summed E-state index contributed by atoms with van der Waals surface area (Å²) in [6.07, 6.45) is 1.52. The van der Waals surface area contributed by atoms with Crippen molar-refractivity contribution >= 4 is 23.4 Å². The Bertz CT molecular complexity index is 852. The first-order valence-electron chi connectivity index (χ1n) is 8.86. The zero-order valence-electron chi connectivity index (χ0n) is 15.7. The van der Waals surface area contributed by atoms with Crippen molar-refractivity contribution < 1.29 is 14.5 Å². The number of ether oxygens (including phenoxy) is 1. The number of carbonyl (C=O) groups is 1. The zero-order valence-corrected chi connectivity index (χ0v) is 16.5. The van der Waals surface area contributed by atoms with Crippen molar-refractivity contribution in [3.05, 3.63) is 40.2 Å². The van der Waals surface area contributed by atoms with Crippen LogP contribution < -0.4 is 5.32 Å². The number of hydrogen-bond donors (Lipinski definition) is 1. The molecule has 2 aromatic rings. The van der Waals surface area contributed by atoms with E-state index >= 15 is 0 Å². The van der Waals surface area contributed by atoms with E-state index in [0.29, 0.717) is 29.8 Å². The molecule has 10 nitrogen and oxygen atoms in total. The summed E-state index contributed by atoms with van der Waals surface area (Å²) >= 11 is 1.13. The van der Waals surface area contributed by atoms with E-state index in [2.05, 4.69) is 20.4 Å². The summed E-state index contributed by atoms with van der Waals surface area (Å²) in [5, 5.41) is 22.6. The van der Waals surface area contributed by atoms with Gasteiger partial charge in [-0.2, -0.15) is 0 Å². The Hall–Kier alpha value is -2.50. The van der Waals surface area contributed by atoms with Crippen molar-refractivity contribution in [3.8, 4) is 0 Å². The summed E-state index contributed by atoms with van der Waals surface area (Å²) in [4.78, 5) is 26.1. The molecule has 0 spiro atoms. The van der Waals surface area contributed by atoms with Crippen molar-refractivity contribution in [2.24, 2.45) is 7.05 Å². The monoisotopic (exact) mass is 406 g/mol. The third-order valence-electron chi connectivity index (χ3n) is 4.52. The molecule has 1 aliphatic rings. The van der Waals surface area contributed by atoms with E-state index in [4.69, 9.17) is 4.74 Å². The summed E-state index contributed by atoms with van der Waals surface area (Å²) in [5.41, 5.74) is 0.116. The number of nitrogens with zero attached hydrogens (tertiary/aromatic N) is 5. The van der Waals surface area contributed by atoms with Crippen LogP contribution in [0.15, 0.2) is 34.6 Å². The maximum Gasteiger partial charge on any atom is 0.284 e. The van der Waals surface area contributed by atoms with Gasteiger partial charge in [0.1, 0.15) is 6.33 Å². The number of hydrogen-bond acceptors (Lipinski definition) is 8. The van der Waals surface area contributed by atoms with Gasteiger partial charge in [0.2, 0.25) is 0 Å². The molecule has 1 unspecified atom stereocenters. The highest BCUT2D eigenvalue weighted by Crippen LogP contribution is 2.34. The fraction of sp³-hybridized carbons (Fsp3) is 0.471. The van der Waals surface area contributed by atoms with Gasteiger partial charge in [-0.3, -0.25) is 19.8 Å². The SMILES string of the molecule is CC(CNC(=O)c1ccc(Sc2nncn2C)c([N+](=O)[O-])c1)N1CCOCC1. The molecule has 2 heterocycles. The Morgan fingerprint density at radius 3 is 2.82 bits per heavy atom. The van der Waals surface area contributed by atoms with Gasteiger partial charge in [0.05, 0.1) is 23.0 Å². The molecule has 1 N–H and O–H groups in total. The van der Waals surface area contributed by atoms with E-state index in [1.807, 2.05) is 6.92 Å². The first-order chi connectivity index (χ1) is 13.5. The minimum absolute atomic E-state index is 0.137. The lowest BCUT2D eigenvalue weighted by Crippen LogP contribution is -2.47. The smallest absolute Gasteiger partial charge is 0.284 e. The van der Waals surface area contributed by atoms with E-state index in [9.17, 15) is 14.9 Å². The lowest BCUT2D eigenvalue weighted by Gasteiger charge is -2.32. The van der Waals surface area contributed by atoms with Crippen LogP contribution in [0.3, 0.4) is 0 Å². The van der Waals surface area contributed by atoms with Crippen molar-refractivity contribution in [2.75, 3.05) is 32.8 Å². The van der Waals surface area contributed by atoms with Crippen LogP contribution in [0, 0.1) is 10.1 Å². The molecule has 0 radical (unpaired) electrons. The molecule has 1 saturated heterocycles. The standard InChI is InChI=1S/C17H22N6O4S/c1-12(22-5-7-27-8-6-22)10-18-16(24)13-3-4-15(14(9-13)23(25)26)28-17-20-19-11-21(17)2/h3-4,9,11-12H,5-8,10H2,1-2H3,(H,18,24). The third-order valence-corrected chi connectivity index (χ3v) is 5.63. The molecule has 3 rings (SSSR count). The fourth-order valence-electron chi connectivity index (χ4n) is 2.84. The Morgan fingerprint density at radius 1 is 1.43 bits per heavy atom. The van der Waals surface area contributed by atoms with Crippen LogP contribution in [0.4, 0.5) is 5.69 Å². The normalized spacial score (nSPS) is 15.9. The van der Waals surface area contributed by atoms with E-state index in [-0.39, 0.29) is 23.2 Å². The average molecular weight is 406 g/mol. The number of morpholine rings is 1. The summed E-state index contributed by atoms with van der Waals surface area (Å²) in [6, 6.07) is 4.61. The first-order valence-corrected chi connectivity index (χ1v) is 9.67. The number of aromatic nitrogens is 3. The third kappa shape index (κ3) is 4.86. The largest absolute Gasteiger partial charge is 0.379 e. The molecule has 1 aromatic carbocycles. The van der Waals surface area contributed by atoms with Crippen LogP contribution in [0.2, 0.25) is 0 Å². The predicted molar refractivity (Wildman–Crippen MR) is 102 cm³/mol. The number of amides is 1. The van der Waals surface area contributed by atoms with Gasteiger partial charge in [-0.25, -0.2) is 0 Å². The summed E-state index contributed by atoms with van der Waals surface area (Å²) in [7, 11) is 1.76. The van der Waals surface area contributed by atoms with Gasteiger partial charge in [0.15, 0.2) is 5.16 Å². The molecular formula is C17H22N6O4S. The maximum atomic E-state index is 12.5. The van der Waals surface area contributed by atoms with E-state index in [0.717, 1.165) is 24.9 Å². The molecular weight excluding hydrogens is 384 g/mol. The lowest BCUT2D eigenvalue weighted by atomic mass is 10.2. The molecule has 0 bridgehead atoms. The second kappa shape index (κ2) is 9.13. The van der Waals surface area contributed by atoms with Gasteiger partial charge in [0.25, 0.3) is 11.6 Å². The van der Waals surface area contributed by atoms with Gasteiger partial charge in [0, 0.05) is 44.4 Å². The van der Waals surface area contributed by atoms with Crippen LogP contribution in [-0.4, -0.2) is 69.4 Å². The molecule has 11 heteroatoms. The van der Waals surface area contributed by atoms with E-state index < -0.39 is 4.92 Å². The molecule has 0 saturated carbocycles. The van der Waals surface area contributed by atoms with Gasteiger partial charge >= 0.3 is 0 Å². The van der Waals surface area contributed by atoms with Crippen molar-refractivity contribution in [1.29, 1.82) is 0 Å². The Labute approximate surface area is 166 Å². The van der Waals surface area contributed by atoms with Crippen LogP contribution in [0.5, 0.6) is 0 Å². The predicted octanol–water partition coefficient (Wildman–Crippen LogP) is 1.32. The number of benzene rings is 1. The highest BCUT2D eigenvalue weighted by molar-refractivity contribution is 7.99. The second-order valence-electron chi connectivity index (χ2n) is 6.47. The fourth-order valence-corrected chi connectivity index (χ4v) is 3.69. The lowest BCUT2D eigenvalue weighted by molar-refractivity contribution is -0.387. The molecule has 1 fully saturated rings. The summed E-state index contributed by atoms with van der Waals surface area (Å²) < 4.78 is 7.00. The van der Waals surface area contributed by atoms with Gasteiger partial charge in [-0.05, 0) is 30.8 Å². The van der Waals surface area contributed by atoms with Crippen molar-refractivity contribution in [3.63, 3.8) is 0 Å². The average Bonchev–Trinajstić information content (AvgIpc) is 3.11. The van der Waals surface area contributed by atoms with E-state index in [1.54, 1.807) is 23.7 Å². The number of carbonyl (C=O) groups excluding carboxylic acids is 1. The molecule has 0 aliphatic carbocycles. The second-order valence-corrected chi connectivity index (χ2v) is 7.48. The number of nitro groups is 1. The van der Waals surface area contributed by atoms with E-state index in [1.165, 1.54) is 12.4 Å². The number of nitrogens with one attached hydrogen (secondary N) is 1. The van der Waals surface area contributed by atoms with Gasteiger partial charge in [-0.15, -0.1) is 10.2 Å². The van der Waals surface area contributed by atoms with Crippen LogP contribution in [-0.2, 0) is 11.8 Å². The molecule has 28 heavy (non-hydrogen) atoms. The minimum Gasteiger partial charge on any atom is -0.379 e. The highest BCUT2D eigenvalue weighted by atomic mass is 32.2. The molecule has 1 aromatic heterocycles. The molecule has 1 atom stereocenters. The Morgan fingerprint density at radius 2 is 2.18 bits per heavy atom. The zero-order chi connectivity index (χ0) is 20.1. The van der Waals surface area contributed by atoms with Crippen LogP contribution >= 0.6 is 11.8 Å². The topological polar surface area (TPSA) is 115 Å². The van der Waals surface area contributed by atoms with Crippen molar-refractivity contribution in [2.45, 2.75) is 23.0 Å². The maximum absolute atomic E-state index is 12.5. The number of nitro benzene ring substituents is 1. The number of rotatable bonds is 7. The van der Waals surface area contributed by atoms with Gasteiger partial charge in [-0.1, -0.05) is 0 Å². The quantitative estimate of drug-likeness (QED) is 0.541. The van der Waals surface area contributed by atoms with Crippen molar-refractivity contribution in [1.82, 2.24) is 25.0 Å². The Balaban J connectivity index is 1.67. The van der Waals surface area contributed by atoms with Crippen LogP contribution in [0.1, 0.15) is 17.3 Å². The highest BCUT2D eigenvalue weighted by Gasteiger charge is 2.21.